The third-order valence-corrected chi connectivity index (χ3v) is 3.27. The number of nitrogens with zero attached hydrogens (tertiary/aromatic N) is 4. The van der Waals surface area contributed by atoms with E-state index in [2.05, 4.69) is 19.9 Å². The molecule has 0 aliphatic carbocycles. The minimum absolute atomic E-state index is 0.330. The molecular weight excluding hydrogens is 278 g/mol. The summed E-state index contributed by atoms with van der Waals surface area (Å²) in [6, 6.07) is 7.06. The van der Waals surface area contributed by atoms with Crippen molar-refractivity contribution < 1.29 is 4.74 Å². The van der Waals surface area contributed by atoms with Gasteiger partial charge in [-0.2, -0.15) is 0 Å². The molecule has 0 fully saturated rings. The summed E-state index contributed by atoms with van der Waals surface area (Å²) in [4.78, 5) is 16.9. The number of hydrogen-bond acceptors (Lipinski definition) is 6. The molecule has 3 rings (SSSR count). The van der Waals surface area contributed by atoms with Gasteiger partial charge < -0.3 is 10.5 Å². The Balaban J connectivity index is 1.95. The average molecular weight is 293 g/mol. The van der Waals surface area contributed by atoms with Gasteiger partial charge in [-0.1, -0.05) is 0 Å². The van der Waals surface area contributed by atoms with Crippen LogP contribution in [0.15, 0.2) is 55.2 Å². The molecule has 0 aliphatic heterocycles. The number of aromatic nitrogens is 4. The van der Waals surface area contributed by atoms with Gasteiger partial charge in [-0.05, 0) is 29.8 Å². The molecule has 110 valence electrons. The number of nitrogens with two attached hydrogens (primary N) is 1. The zero-order valence-electron chi connectivity index (χ0n) is 12.0. The van der Waals surface area contributed by atoms with E-state index in [1.807, 2.05) is 24.3 Å². The third kappa shape index (κ3) is 2.91. The van der Waals surface area contributed by atoms with Gasteiger partial charge >= 0.3 is 0 Å². The zero-order chi connectivity index (χ0) is 15.4. The molecule has 6 heteroatoms. The molecule has 0 saturated carbocycles. The highest BCUT2D eigenvalue weighted by atomic mass is 16.5. The molecule has 1 atom stereocenters. The highest BCUT2D eigenvalue weighted by Gasteiger charge is 2.12. The van der Waals surface area contributed by atoms with Crippen LogP contribution in [-0.2, 0) is 0 Å². The van der Waals surface area contributed by atoms with E-state index in [1.54, 1.807) is 38.1 Å². The minimum atomic E-state index is -0.330. The van der Waals surface area contributed by atoms with Crippen LogP contribution >= 0.6 is 0 Å². The summed E-state index contributed by atoms with van der Waals surface area (Å²) in [6.07, 6.45) is 8.44. The average Bonchev–Trinajstić information content (AvgIpc) is 2.62. The Morgan fingerprint density at radius 3 is 2.64 bits per heavy atom. The predicted octanol–water partition coefficient (Wildman–Crippen LogP) is 1.99. The lowest BCUT2D eigenvalue weighted by Crippen LogP contribution is -2.14. The van der Waals surface area contributed by atoms with Crippen LogP contribution in [0.1, 0.15) is 17.3 Å². The first kappa shape index (κ1) is 14.1. The highest BCUT2D eigenvalue weighted by Crippen LogP contribution is 2.22. The van der Waals surface area contributed by atoms with Crippen molar-refractivity contribution in [1.29, 1.82) is 0 Å². The van der Waals surface area contributed by atoms with Gasteiger partial charge in [0.25, 0.3) is 0 Å². The predicted molar refractivity (Wildman–Crippen MR) is 82.1 cm³/mol. The Morgan fingerprint density at radius 1 is 1.05 bits per heavy atom. The fourth-order valence-electron chi connectivity index (χ4n) is 2.08. The van der Waals surface area contributed by atoms with E-state index in [0.29, 0.717) is 11.6 Å². The SMILES string of the molecule is COc1cncc(-c2nccc(C(N)c3ccncc3)n2)c1. The molecule has 0 bridgehead atoms. The van der Waals surface area contributed by atoms with Gasteiger partial charge in [-0.15, -0.1) is 0 Å². The number of methoxy groups -OCH3 is 1. The molecule has 0 aromatic carbocycles. The standard InChI is InChI=1S/C16H15N5O/c1-22-13-8-12(9-19-10-13)16-20-7-4-14(21-16)15(17)11-2-5-18-6-3-11/h2-10,15H,17H2,1H3. The fourth-order valence-corrected chi connectivity index (χ4v) is 2.08. The van der Waals surface area contributed by atoms with Gasteiger partial charge in [0.1, 0.15) is 5.75 Å². The summed E-state index contributed by atoms with van der Waals surface area (Å²) in [5, 5.41) is 0. The van der Waals surface area contributed by atoms with Crippen molar-refractivity contribution in [2.24, 2.45) is 5.73 Å². The van der Waals surface area contributed by atoms with E-state index in [1.165, 1.54) is 0 Å². The summed E-state index contributed by atoms with van der Waals surface area (Å²) < 4.78 is 5.17. The van der Waals surface area contributed by atoms with Crippen LogP contribution in [0, 0.1) is 0 Å². The van der Waals surface area contributed by atoms with Crippen LogP contribution < -0.4 is 10.5 Å². The van der Waals surface area contributed by atoms with Gasteiger partial charge in [-0.3, -0.25) is 9.97 Å². The molecule has 0 saturated heterocycles. The number of rotatable bonds is 4. The Bertz CT molecular complexity index is 763. The van der Waals surface area contributed by atoms with Crippen LogP contribution in [-0.4, -0.2) is 27.0 Å². The maximum absolute atomic E-state index is 6.26. The summed E-state index contributed by atoms with van der Waals surface area (Å²) in [7, 11) is 1.59. The van der Waals surface area contributed by atoms with E-state index < -0.39 is 0 Å². The summed E-state index contributed by atoms with van der Waals surface area (Å²) >= 11 is 0. The summed E-state index contributed by atoms with van der Waals surface area (Å²) in [5.74, 6) is 1.22. The molecular formula is C16H15N5O. The number of pyridine rings is 2. The quantitative estimate of drug-likeness (QED) is 0.791. The Morgan fingerprint density at radius 2 is 1.86 bits per heavy atom. The molecule has 6 nitrogen and oxygen atoms in total. The maximum Gasteiger partial charge on any atom is 0.161 e. The molecule has 0 spiro atoms. The van der Waals surface area contributed by atoms with Crippen molar-refractivity contribution in [3.63, 3.8) is 0 Å². The van der Waals surface area contributed by atoms with Crippen molar-refractivity contribution in [3.05, 3.63) is 66.5 Å². The highest BCUT2D eigenvalue weighted by molar-refractivity contribution is 5.55. The second-order valence-corrected chi connectivity index (χ2v) is 4.68. The van der Waals surface area contributed by atoms with Gasteiger partial charge in [0.15, 0.2) is 5.82 Å². The van der Waals surface area contributed by atoms with E-state index >= 15 is 0 Å². The molecule has 0 amide bonds. The normalized spacial score (nSPS) is 11.9. The lowest BCUT2D eigenvalue weighted by molar-refractivity contribution is 0.413. The first-order valence-electron chi connectivity index (χ1n) is 6.76. The summed E-state index contributed by atoms with van der Waals surface area (Å²) in [6.45, 7) is 0. The van der Waals surface area contributed by atoms with Crippen molar-refractivity contribution in [1.82, 2.24) is 19.9 Å². The lowest BCUT2D eigenvalue weighted by atomic mass is 10.1. The fraction of sp³-hybridized carbons (Fsp3) is 0.125. The maximum atomic E-state index is 6.26. The zero-order valence-corrected chi connectivity index (χ0v) is 12.0. The third-order valence-electron chi connectivity index (χ3n) is 3.27. The van der Waals surface area contributed by atoms with Gasteiger partial charge in [0.05, 0.1) is 25.0 Å². The van der Waals surface area contributed by atoms with Gasteiger partial charge in [0, 0.05) is 30.4 Å². The Kier molecular flexibility index (Phi) is 4.02. The molecule has 3 heterocycles. The summed E-state index contributed by atoms with van der Waals surface area (Å²) in [5.41, 5.74) is 8.72. The molecule has 2 N–H and O–H groups in total. The van der Waals surface area contributed by atoms with Crippen LogP contribution in [0.2, 0.25) is 0 Å². The second-order valence-electron chi connectivity index (χ2n) is 4.68. The number of ether oxygens (including phenoxy) is 1. The molecule has 22 heavy (non-hydrogen) atoms. The molecule has 1 unspecified atom stereocenters. The van der Waals surface area contributed by atoms with Crippen molar-refractivity contribution in [2.45, 2.75) is 6.04 Å². The van der Waals surface area contributed by atoms with Crippen LogP contribution in [0.4, 0.5) is 0 Å². The van der Waals surface area contributed by atoms with Crippen LogP contribution in [0.5, 0.6) is 5.75 Å². The van der Waals surface area contributed by atoms with Gasteiger partial charge in [0.2, 0.25) is 0 Å². The van der Waals surface area contributed by atoms with Crippen LogP contribution in [0.25, 0.3) is 11.4 Å². The van der Waals surface area contributed by atoms with Crippen molar-refractivity contribution in [3.8, 4) is 17.1 Å². The molecule has 3 aromatic heterocycles. The van der Waals surface area contributed by atoms with Gasteiger partial charge in [-0.25, -0.2) is 9.97 Å². The second kappa shape index (κ2) is 6.28. The topological polar surface area (TPSA) is 86.8 Å². The van der Waals surface area contributed by atoms with Crippen LogP contribution in [0.3, 0.4) is 0 Å². The van der Waals surface area contributed by atoms with E-state index in [-0.39, 0.29) is 6.04 Å². The van der Waals surface area contributed by atoms with Crippen molar-refractivity contribution in [2.75, 3.05) is 7.11 Å². The van der Waals surface area contributed by atoms with E-state index in [9.17, 15) is 0 Å². The monoisotopic (exact) mass is 293 g/mol. The lowest BCUT2D eigenvalue weighted by Gasteiger charge is -2.12. The Hall–Kier alpha value is -2.86. The Labute approximate surface area is 128 Å². The first-order chi connectivity index (χ1) is 10.8. The molecule has 3 aromatic rings. The van der Waals surface area contributed by atoms with E-state index in [0.717, 1.165) is 16.8 Å². The van der Waals surface area contributed by atoms with Crippen molar-refractivity contribution >= 4 is 0 Å². The largest absolute Gasteiger partial charge is 0.495 e. The molecule has 0 aliphatic rings. The van der Waals surface area contributed by atoms with E-state index in [4.69, 9.17) is 10.5 Å². The first-order valence-corrected chi connectivity index (χ1v) is 6.76. The molecule has 0 radical (unpaired) electrons. The minimum Gasteiger partial charge on any atom is -0.495 e. The number of hydrogen-bond donors (Lipinski definition) is 1. The smallest absolute Gasteiger partial charge is 0.161 e.